The van der Waals surface area contributed by atoms with Crippen molar-refractivity contribution in [3.05, 3.63) is 47.7 Å². The summed E-state index contributed by atoms with van der Waals surface area (Å²) in [7, 11) is 0. The molecule has 0 radical (unpaired) electrons. The van der Waals surface area contributed by atoms with Crippen LogP contribution in [0.25, 0.3) is 0 Å². The number of hydrogen-bond acceptors (Lipinski definition) is 4. The molecule has 2 N–H and O–H groups in total. The number of urea groups is 1. The van der Waals surface area contributed by atoms with Crippen LogP contribution in [-0.2, 0) is 4.74 Å². The van der Waals surface area contributed by atoms with E-state index in [9.17, 15) is 4.79 Å². The van der Waals surface area contributed by atoms with Crippen LogP contribution < -0.4 is 15.4 Å². The molecular formula is C20H23N3O3. The number of rotatable bonds is 4. The summed E-state index contributed by atoms with van der Waals surface area (Å²) in [4.78, 5) is 16.4. The molecule has 3 unspecified atom stereocenters. The zero-order chi connectivity index (χ0) is 18.1. The maximum Gasteiger partial charge on any atom is 0.319 e. The lowest BCUT2D eigenvalue weighted by Crippen LogP contribution is -2.43. The molecule has 3 heterocycles. The average Bonchev–Trinajstić information content (AvgIpc) is 3.23. The van der Waals surface area contributed by atoms with Crippen molar-refractivity contribution in [1.29, 1.82) is 0 Å². The quantitative estimate of drug-likeness (QED) is 0.873. The Hall–Kier alpha value is -2.60. The molecule has 2 bridgehead atoms. The SMILES string of the molecule is Cc1cccc(Oc2ccc(NC(=O)NC3CC4CCC3O4)cn2)c1C. The summed E-state index contributed by atoms with van der Waals surface area (Å²) in [5.74, 6) is 1.28. The predicted octanol–water partition coefficient (Wildman–Crippen LogP) is 3.93. The van der Waals surface area contributed by atoms with Gasteiger partial charge in [0.25, 0.3) is 0 Å². The third-order valence-electron chi connectivity index (χ3n) is 5.19. The lowest BCUT2D eigenvalue weighted by molar-refractivity contribution is 0.0984. The van der Waals surface area contributed by atoms with E-state index in [-0.39, 0.29) is 18.2 Å². The number of carbonyl (C=O) groups excluding carboxylic acids is 1. The second-order valence-electron chi connectivity index (χ2n) is 7.00. The first-order chi connectivity index (χ1) is 12.6. The number of aryl methyl sites for hydroxylation is 1. The van der Waals surface area contributed by atoms with Gasteiger partial charge in [-0.05, 0) is 56.4 Å². The summed E-state index contributed by atoms with van der Waals surface area (Å²) in [6.45, 7) is 4.06. The van der Waals surface area contributed by atoms with E-state index in [1.54, 1.807) is 18.3 Å². The number of benzene rings is 1. The van der Waals surface area contributed by atoms with Crippen LogP contribution in [0.3, 0.4) is 0 Å². The molecular weight excluding hydrogens is 330 g/mol. The highest BCUT2D eigenvalue weighted by Gasteiger charge is 2.41. The Morgan fingerprint density at radius 1 is 1.23 bits per heavy atom. The third-order valence-corrected chi connectivity index (χ3v) is 5.19. The number of anilines is 1. The smallest absolute Gasteiger partial charge is 0.319 e. The van der Waals surface area contributed by atoms with E-state index in [1.165, 1.54) is 5.56 Å². The van der Waals surface area contributed by atoms with Gasteiger partial charge in [-0.2, -0.15) is 0 Å². The largest absolute Gasteiger partial charge is 0.439 e. The van der Waals surface area contributed by atoms with Gasteiger partial charge in [0.05, 0.1) is 30.1 Å². The molecule has 0 saturated carbocycles. The molecule has 2 aliphatic rings. The minimum atomic E-state index is -0.226. The average molecular weight is 353 g/mol. The maximum atomic E-state index is 12.2. The molecule has 6 heteroatoms. The van der Waals surface area contributed by atoms with Crippen molar-refractivity contribution in [3.63, 3.8) is 0 Å². The lowest BCUT2D eigenvalue weighted by Gasteiger charge is -2.20. The Kier molecular flexibility index (Phi) is 4.51. The second kappa shape index (κ2) is 6.96. The molecule has 26 heavy (non-hydrogen) atoms. The summed E-state index contributed by atoms with van der Waals surface area (Å²) >= 11 is 0. The van der Waals surface area contributed by atoms with E-state index in [1.807, 2.05) is 32.0 Å². The number of pyridine rings is 1. The standard InChI is InChI=1S/C20H23N3O3/c1-12-4-3-5-17(13(12)2)26-19-9-6-14(11-21-19)22-20(24)23-16-10-15-7-8-18(16)25-15/h3-6,9,11,15-16,18H,7-8,10H2,1-2H3,(H2,22,23,24). The van der Waals surface area contributed by atoms with Crippen molar-refractivity contribution >= 4 is 11.7 Å². The molecule has 2 amide bonds. The first-order valence-electron chi connectivity index (χ1n) is 9.01. The van der Waals surface area contributed by atoms with Crippen molar-refractivity contribution in [3.8, 4) is 11.6 Å². The van der Waals surface area contributed by atoms with Crippen LogP contribution in [0.5, 0.6) is 11.6 Å². The van der Waals surface area contributed by atoms with Crippen LogP contribution in [0, 0.1) is 13.8 Å². The van der Waals surface area contributed by atoms with Crippen LogP contribution >= 0.6 is 0 Å². The van der Waals surface area contributed by atoms with Gasteiger partial charge >= 0.3 is 6.03 Å². The van der Waals surface area contributed by atoms with Gasteiger partial charge in [0.1, 0.15) is 5.75 Å². The van der Waals surface area contributed by atoms with Gasteiger partial charge in [0.2, 0.25) is 5.88 Å². The zero-order valence-corrected chi connectivity index (χ0v) is 15.0. The van der Waals surface area contributed by atoms with E-state index in [2.05, 4.69) is 15.6 Å². The van der Waals surface area contributed by atoms with Gasteiger partial charge in [-0.3, -0.25) is 0 Å². The number of carbonyl (C=O) groups is 1. The van der Waals surface area contributed by atoms with Gasteiger partial charge in [0.15, 0.2) is 0 Å². The van der Waals surface area contributed by atoms with Gasteiger partial charge < -0.3 is 20.1 Å². The molecule has 2 aliphatic heterocycles. The van der Waals surface area contributed by atoms with Crippen LogP contribution in [0.4, 0.5) is 10.5 Å². The Balaban J connectivity index is 1.34. The van der Waals surface area contributed by atoms with E-state index >= 15 is 0 Å². The molecule has 2 fully saturated rings. The minimum absolute atomic E-state index is 0.105. The van der Waals surface area contributed by atoms with Crippen molar-refractivity contribution < 1.29 is 14.3 Å². The minimum Gasteiger partial charge on any atom is -0.439 e. The van der Waals surface area contributed by atoms with E-state index in [0.717, 1.165) is 30.6 Å². The molecule has 1 aromatic carbocycles. The number of aromatic nitrogens is 1. The molecule has 0 spiro atoms. The summed E-state index contributed by atoms with van der Waals surface area (Å²) in [6, 6.07) is 9.33. The fourth-order valence-electron chi connectivity index (χ4n) is 3.59. The number of ether oxygens (including phenoxy) is 2. The summed E-state index contributed by atoms with van der Waals surface area (Å²) < 4.78 is 11.6. The Labute approximate surface area is 152 Å². The highest BCUT2D eigenvalue weighted by Crippen LogP contribution is 2.34. The predicted molar refractivity (Wildman–Crippen MR) is 98.7 cm³/mol. The zero-order valence-electron chi connectivity index (χ0n) is 15.0. The fourth-order valence-corrected chi connectivity index (χ4v) is 3.59. The summed E-state index contributed by atoms with van der Waals surface area (Å²) in [5, 5.41) is 5.81. The first-order valence-corrected chi connectivity index (χ1v) is 9.01. The van der Waals surface area contributed by atoms with Gasteiger partial charge in [-0.25, -0.2) is 9.78 Å². The highest BCUT2D eigenvalue weighted by molar-refractivity contribution is 5.89. The second-order valence-corrected chi connectivity index (χ2v) is 7.00. The van der Waals surface area contributed by atoms with Gasteiger partial charge in [-0.15, -0.1) is 0 Å². The first kappa shape index (κ1) is 16.8. The van der Waals surface area contributed by atoms with Crippen molar-refractivity contribution in [2.24, 2.45) is 0 Å². The van der Waals surface area contributed by atoms with Gasteiger partial charge in [0, 0.05) is 6.07 Å². The van der Waals surface area contributed by atoms with Crippen LogP contribution in [0.15, 0.2) is 36.5 Å². The fraction of sp³-hybridized carbons (Fsp3) is 0.400. The van der Waals surface area contributed by atoms with Crippen molar-refractivity contribution in [2.75, 3.05) is 5.32 Å². The van der Waals surface area contributed by atoms with Crippen molar-refractivity contribution in [2.45, 2.75) is 51.4 Å². The molecule has 4 rings (SSSR count). The Bertz CT molecular complexity index is 806. The third kappa shape index (κ3) is 3.51. The molecule has 0 aliphatic carbocycles. The molecule has 1 aromatic heterocycles. The molecule has 6 nitrogen and oxygen atoms in total. The monoisotopic (exact) mass is 353 g/mol. The Morgan fingerprint density at radius 2 is 2.12 bits per heavy atom. The van der Waals surface area contributed by atoms with E-state index < -0.39 is 0 Å². The Morgan fingerprint density at radius 3 is 2.81 bits per heavy atom. The number of hydrogen-bond donors (Lipinski definition) is 2. The van der Waals surface area contributed by atoms with E-state index in [0.29, 0.717) is 17.7 Å². The van der Waals surface area contributed by atoms with Crippen LogP contribution in [0.1, 0.15) is 30.4 Å². The number of nitrogens with zero attached hydrogens (tertiary/aromatic N) is 1. The molecule has 3 atom stereocenters. The molecule has 2 saturated heterocycles. The topological polar surface area (TPSA) is 72.5 Å². The highest BCUT2D eigenvalue weighted by atomic mass is 16.5. The van der Waals surface area contributed by atoms with Crippen LogP contribution in [-0.4, -0.2) is 29.3 Å². The molecule has 2 aromatic rings. The van der Waals surface area contributed by atoms with E-state index in [4.69, 9.17) is 9.47 Å². The summed E-state index contributed by atoms with van der Waals surface area (Å²) in [5.41, 5.74) is 2.88. The molecule has 136 valence electrons. The number of nitrogens with one attached hydrogen (secondary N) is 2. The maximum absolute atomic E-state index is 12.2. The summed E-state index contributed by atoms with van der Waals surface area (Å²) in [6.07, 6.45) is 5.11. The van der Waals surface area contributed by atoms with Crippen LogP contribution in [0.2, 0.25) is 0 Å². The number of fused-ring (bicyclic) bond motifs is 2. The van der Waals surface area contributed by atoms with Gasteiger partial charge in [-0.1, -0.05) is 12.1 Å². The lowest BCUT2D eigenvalue weighted by atomic mass is 9.96. The normalized spacial score (nSPS) is 23.7. The van der Waals surface area contributed by atoms with Crippen molar-refractivity contribution in [1.82, 2.24) is 10.3 Å². The number of amides is 2.